The zero-order valence-electron chi connectivity index (χ0n) is 13.8. The number of nitrogens with one attached hydrogen (secondary N) is 1. The van der Waals surface area contributed by atoms with Gasteiger partial charge in [-0.2, -0.15) is 5.10 Å². The molecule has 2 aromatic heterocycles. The fraction of sp³-hybridized carbons (Fsp3) is 0.562. The first kappa shape index (κ1) is 15.9. The van der Waals surface area contributed by atoms with Gasteiger partial charge in [0.05, 0.1) is 25.0 Å². The molecule has 0 bridgehead atoms. The van der Waals surface area contributed by atoms with Crippen molar-refractivity contribution in [3.05, 3.63) is 29.6 Å². The Morgan fingerprint density at radius 3 is 2.87 bits per heavy atom. The van der Waals surface area contributed by atoms with Gasteiger partial charge in [-0.25, -0.2) is 4.68 Å². The summed E-state index contributed by atoms with van der Waals surface area (Å²) in [5, 5.41) is 16.2. The second-order valence-corrected chi connectivity index (χ2v) is 5.98. The van der Waals surface area contributed by atoms with Crippen LogP contribution in [0.25, 0.3) is 5.82 Å². The highest BCUT2D eigenvalue weighted by atomic mass is 16.5. The highest BCUT2D eigenvalue weighted by Crippen LogP contribution is 2.12. The van der Waals surface area contributed by atoms with Gasteiger partial charge < -0.3 is 14.8 Å². The SMILES string of the molecule is Cc1cc(C)n(-c2ccc(NC(C)COC3CCOC3)nn2)n1. The van der Waals surface area contributed by atoms with Crippen LogP contribution in [0.15, 0.2) is 18.2 Å². The van der Waals surface area contributed by atoms with Gasteiger partial charge in [-0.1, -0.05) is 0 Å². The van der Waals surface area contributed by atoms with Crippen LogP contribution in [0.5, 0.6) is 0 Å². The molecule has 7 heteroatoms. The van der Waals surface area contributed by atoms with Crippen molar-refractivity contribution < 1.29 is 9.47 Å². The smallest absolute Gasteiger partial charge is 0.176 e. The van der Waals surface area contributed by atoms with Crippen molar-refractivity contribution in [2.75, 3.05) is 25.1 Å². The van der Waals surface area contributed by atoms with E-state index in [1.807, 2.05) is 32.0 Å². The maximum atomic E-state index is 5.80. The van der Waals surface area contributed by atoms with Crippen LogP contribution in [0.1, 0.15) is 24.7 Å². The predicted octanol–water partition coefficient (Wildman–Crippen LogP) is 1.89. The van der Waals surface area contributed by atoms with Gasteiger partial charge in [0.25, 0.3) is 0 Å². The van der Waals surface area contributed by atoms with Gasteiger partial charge in [-0.15, -0.1) is 10.2 Å². The molecular weight excluding hydrogens is 294 g/mol. The van der Waals surface area contributed by atoms with Crippen molar-refractivity contribution >= 4 is 5.82 Å². The molecule has 1 fully saturated rings. The van der Waals surface area contributed by atoms with Crippen LogP contribution in [-0.2, 0) is 9.47 Å². The van der Waals surface area contributed by atoms with E-state index in [-0.39, 0.29) is 12.1 Å². The summed E-state index contributed by atoms with van der Waals surface area (Å²) in [6, 6.07) is 5.99. The largest absolute Gasteiger partial charge is 0.379 e. The van der Waals surface area contributed by atoms with Crippen molar-refractivity contribution in [2.24, 2.45) is 0 Å². The van der Waals surface area contributed by atoms with E-state index in [9.17, 15) is 0 Å². The molecule has 3 rings (SSSR count). The second kappa shape index (κ2) is 7.06. The number of aromatic nitrogens is 4. The molecule has 0 saturated carbocycles. The van der Waals surface area contributed by atoms with E-state index < -0.39 is 0 Å². The molecule has 0 radical (unpaired) electrons. The summed E-state index contributed by atoms with van der Waals surface area (Å²) in [5.41, 5.74) is 2.01. The highest BCUT2D eigenvalue weighted by molar-refractivity contribution is 5.37. The minimum absolute atomic E-state index is 0.157. The minimum atomic E-state index is 0.157. The summed E-state index contributed by atoms with van der Waals surface area (Å²) in [6.07, 6.45) is 1.20. The maximum Gasteiger partial charge on any atom is 0.176 e. The molecule has 0 spiro atoms. The van der Waals surface area contributed by atoms with Gasteiger partial charge in [0.15, 0.2) is 5.82 Å². The summed E-state index contributed by atoms with van der Waals surface area (Å²) in [4.78, 5) is 0. The van der Waals surface area contributed by atoms with Gasteiger partial charge in [0.1, 0.15) is 5.82 Å². The quantitative estimate of drug-likeness (QED) is 0.877. The monoisotopic (exact) mass is 317 g/mol. The molecular formula is C16H23N5O2. The highest BCUT2D eigenvalue weighted by Gasteiger charge is 2.17. The molecule has 1 N–H and O–H groups in total. The van der Waals surface area contributed by atoms with Gasteiger partial charge in [-0.3, -0.25) is 0 Å². The summed E-state index contributed by atoms with van der Waals surface area (Å²) >= 11 is 0. The lowest BCUT2D eigenvalue weighted by Crippen LogP contribution is -2.26. The number of anilines is 1. The molecule has 2 unspecified atom stereocenters. The van der Waals surface area contributed by atoms with Crippen molar-refractivity contribution in [1.29, 1.82) is 0 Å². The third-order valence-corrected chi connectivity index (χ3v) is 3.74. The van der Waals surface area contributed by atoms with Crippen molar-refractivity contribution in [1.82, 2.24) is 20.0 Å². The molecule has 0 aliphatic carbocycles. The molecule has 3 heterocycles. The third-order valence-electron chi connectivity index (χ3n) is 3.74. The van der Waals surface area contributed by atoms with Crippen molar-refractivity contribution in [2.45, 2.75) is 39.3 Å². The third kappa shape index (κ3) is 4.05. The van der Waals surface area contributed by atoms with Crippen molar-refractivity contribution in [3.8, 4) is 5.82 Å². The molecule has 7 nitrogen and oxygen atoms in total. The lowest BCUT2D eigenvalue weighted by atomic mass is 10.3. The van der Waals surface area contributed by atoms with Crippen LogP contribution in [0, 0.1) is 13.8 Å². The Bertz CT molecular complexity index is 634. The fourth-order valence-electron chi connectivity index (χ4n) is 2.59. The van der Waals surface area contributed by atoms with E-state index in [0.29, 0.717) is 19.0 Å². The van der Waals surface area contributed by atoms with Crippen molar-refractivity contribution in [3.63, 3.8) is 0 Å². The molecule has 1 saturated heterocycles. The summed E-state index contributed by atoms with van der Waals surface area (Å²) < 4.78 is 12.9. The van der Waals surface area contributed by atoms with Crippen LogP contribution >= 0.6 is 0 Å². The number of nitrogens with zero attached hydrogens (tertiary/aromatic N) is 4. The Hall–Kier alpha value is -1.99. The van der Waals surface area contributed by atoms with E-state index >= 15 is 0 Å². The topological polar surface area (TPSA) is 74.1 Å². The number of hydrogen-bond acceptors (Lipinski definition) is 6. The zero-order chi connectivity index (χ0) is 16.2. The lowest BCUT2D eigenvalue weighted by molar-refractivity contribution is 0.0395. The minimum Gasteiger partial charge on any atom is -0.379 e. The number of ether oxygens (including phenoxy) is 2. The first-order chi connectivity index (χ1) is 11.1. The van der Waals surface area contributed by atoms with E-state index in [2.05, 4.69) is 27.5 Å². The first-order valence-corrected chi connectivity index (χ1v) is 7.95. The number of rotatable bonds is 6. The Labute approximate surface area is 136 Å². The van der Waals surface area contributed by atoms with Crippen LogP contribution in [0.3, 0.4) is 0 Å². The fourth-order valence-corrected chi connectivity index (χ4v) is 2.59. The Morgan fingerprint density at radius 1 is 1.39 bits per heavy atom. The number of aryl methyl sites for hydroxylation is 2. The molecule has 2 atom stereocenters. The average Bonchev–Trinajstić information content (AvgIpc) is 3.15. The van der Waals surface area contributed by atoms with Gasteiger partial charge in [-0.05, 0) is 45.4 Å². The maximum absolute atomic E-state index is 5.80. The van der Waals surface area contributed by atoms with E-state index in [1.165, 1.54) is 0 Å². The Kier molecular flexibility index (Phi) is 4.88. The van der Waals surface area contributed by atoms with Crippen LogP contribution in [-0.4, -0.2) is 51.9 Å². The molecule has 23 heavy (non-hydrogen) atoms. The van der Waals surface area contributed by atoms with Gasteiger partial charge in [0.2, 0.25) is 0 Å². The normalized spacial score (nSPS) is 19.0. The zero-order valence-corrected chi connectivity index (χ0v) is 13.8. The summed E-state index contributed by atoms with van der Waals surface area (Å²) in [7, 11) is 0. The summed E-state index contributed by atoms with van der Waals surface area (Å²) in [6.45, 7) is 8.14. The molecule has 124 valence electrons. The lowest BCUT2D eigenvalue weighted by Gasteiger charge is -2.17. The van der Waals surface area contributed by atoms with Crippen LogP contribution < -0.4 is 5.32 Å². The predicted molar refractivity (Wildman–Crippen MR) is 86.9 cm³/mol. The molecule has 0 amide bonds. The molecule has 0 aromatic carbocycles. The molecule has 1 aliphatic rings. The van der Waals surface area contributed by atoms with Gasteiger partial charge >= 0.3 is 0 Å². The van der Waals surface area contributed by atoms with Gasteiger partial charge in [0, 0.05) is 18.3 Å². The van der Waals surface area contributed by atoms with E-state index in [0.717, 1.165) is 30.2 Å². The molecule has 1 aliphatic heterocycles. The van der Waals surface area contributed by atoms with Crippen LogP contribution in [0.2, 0.25) is 0 Å². The summed E-state index contributed by atoms with van der Waals surface area (Å²) in [5.74, 6) is 1.45. The van der Waals surface area contributed by atoms with E-state index in [4.69, 9.17) is 9.47 Å². The standard InChI is InChI=1S/C16H23N5O2/c1-11-8-13(3)21(20-11)16-5-4-15(18-19-16)17-12(2)9-23-14-6-7-22-10-14/h4-5,8,12,14H,6-7,9-10H2,1-3H3,(H,17,18). The Balaban J connectivity index is 1.55. The second-order valence-electron chi connectivity index (χ2n) is 5.98. The number of hydrogen-bond donors (Lipinski definition) is 1. The first-order valence-electron chi connectivity index (χ1n) is 7.95. The molecule has 2 aromatic rings. The Morgan fingerprint density at radius 2 is 2.26 bits per heavy atom. The average molecular weight is 317 g/mol. The van der Waals surface area contributed by atoms with Crippen LogP contribution in [0.4, 0.5) is 5.82 Å². The van der Waals surface area contributed by atoms with E-state index in [1.54, 1.807) is 4.68 Å².